The summed E-state index contributed by atoms with van der Waals surface area (Å²) >= 11 is 0. The van der Waals surface area contributed by atoms with Crippen LogP contribution in [-0.2, 0) is 16.0 Å². The number of hydrogen-bond donors (Lipinski definition) is 3. The summed E-state index contributed by atoms with van der Waals surface area (Å²) < 4.78 is 0. The number of benzene rings is 1. The van der Waals surface area contributed by atoms with E-state index in [0.717, 1.165) is 56.9 Å². The summed E-state index contributed by atoms with van der Waals surface area (Å²) in [6.07, 6.45) is 21.2. The van der Waals surface area contributed by atoms with Crippen molar-refractivity contribution < 1.29 is 24.9 Å². The number of Topliss-reactive ketones (excluding diaryl/α,β-unsaturated/α-hetero) is 2. The minimum absolute atomic E-state index is 0.0201. The second-order valence-electron chi connectivity index (χ2n) is 14.2. The Bertz CT molecular complexity index is 1640. The molecule has 0 heterocycles. The van der Waals surface area contributed by atoms with Crippen LogP contribution in [0.2, 0.25) is 0 Å². The van der Waals surface area contributed by atoms with E-state index in [2.05, 4.69) is 78.8 Å². The maximum Gasteiger partial charge on any atom is 0.233 e. The maximum atomic E-state index is 13.2. The van der Waals surface area contributed by atoms with Crippen LogP contribution in [0.4, 0.5) is 0 Å². The van der Waals surface area contributed by atoms with Gasteiger partial charge in [0.25, 0.3) is 0 Å². The summed E-state index contributed by atoms with van der Waals surface area (Å²) in [5, 5.41) is 33.4. The third-order valence-electron chi connectivity index (χ3n) is 9.19. The van der Waals surface area contributed by atoms with E-state index < -0.39 is 11.6 Å². The van der Waals surface area contributed by atoms with Crippen molar-refractivity contribution in [3.63, 3.8) is 0 Å². The maximum absolute atomic E-state index is 13.2. The lowest BCUT2D eigenvalue weighted by Gasteiger charge is -2.23. The zero-order chi connectivity index (χ0) is 36.8. The van der Waals surface area contributed by atoms with Crippen molar-refractivity contribution in [3.8, 4) is 11.5 Å². The fraction of sp³-hybridized carbons (Fsp3) is 0.455. The average Bonchev–Trinajstić information content (AvgIpc) is 3.01. The largest absolute Gasteiger partial charge is 0.508 e. The van der Waals surface area contributed by atoms with Gasteiger partial charge >= 0.3 is 0 Å². The van der Waals surface area contributed by atoms with Crippen molar-refractivity contribution in [1.29, 1.82) is 0 Å². The van der Waals surface area contributed by atoms with Gasteiger partial charge in [0, 0.05) is 33.9 Å². The Hall–Kier alpha value is -4.12. The molecule has 1 aromatic rings. The molecule has 0 radical (unpaired) electrons. The summed E-state index contributed by atoms with van der Waals surface area (Å²) in [4.78, 5) is 26.3. The molecular formula is C44H60O5. The molecule has 0 spiro atoms. The van der Waals surface area contributed by atoms with Crippen LogP contribution in [0.3, 0.4) is 0 Å². The first-order valence-corrected chi connectivity index (χ1v) is 17.7. The highest BCUT2D eigenvalue weighted by Crippen LogP contribution is 2.43. The number of phenolic OH excluding ortho intramolecular Hbond substituents is 2. The van der Waals surface area contributed by atoms with Gasteiger partial charge in [-0.1, -0.05) is 69.9 Å². The number of aromatic hydroxyl groups is 2. The first-order chi connectivity index (χ1) is 23.0. The summed E-state index contributed by atoms with van der Waals surface area (Å²) in [5.41, 5.74) is 9.26. The van der Waals surface area contributed by atoms with E-state index in [0.29, 0.717) is 17.5 Å². The number of phenols is 2. The van der Waals surface area contributed by atoms with Crippen LogP contribution < -0.4 is 0 Å². The molecule has 5 heteroatoms. The van der Waals surface area contributed by atoms with Gasteiger partial charge in [0.15, 0.2) is 0 Å². The molecule has 266 valence electrons. The summed E-state index contributed by atoms with van der Waals surface area (Å²) in [6.45, 7) is 20.1. The molecule has 0 amide bonds. The Kier molecular flexibility index (Phi) is 16.6. The number of aliphatic hydroxyl groups excluding tert-OH is 1. The molecule has 0 bridgehead atoms. The standard InChI is InChI=1S/C44H60O5/c1-28(2)15-11-17-30(5)19-13-21-32(7)23-25-36-34(9)40(39(46)27-38(36)45)41-35(10)42(47)44(49)37(43(41)48)26-24-33(8)22-14-20-31(6)18-12-16-29(3)4/h15-16,19-20,23-24,27,45-46,48H,11-14,17-18,21-22,25-26H2,1-10H3. The highest BCUT2D eigenvalue weighted by atomic mass is 16.3. The molecule has 0 saturated carbocycles. The number of hydrogen-bond acceptors (Lipinski definition) is 5. The van der Waals surface area contributed by atoms with Crippen LogP contribution in [0.15, 0.2) is 92.9 Å². The van der Waals surface area contributed by atoms with Crippen molar-refractivity contribution in [2.24, 2.45) is 0 Å². The topological polar surface area (TPSA) is 94.8 Å². The number of ketones is 2. The monoisotopic (exact) mass is 668 g/mol. The van der Waals surface area contributed by atoms with E-state index in [4.69, 9.17) is 0 Å². The van der Waals surface area contributed by atoms with E-state index >= 15 is 0 Å². The molecule has 0 unspecified atom stereocenters. The van der Waals surface area contributed by atoms with Crippen LogP contribution in [0.1, 0.15) is 137 Å². The zero-order valence-electron chi connectivity index (χ0n) is 31.8. The molecule has 49 heavy (non-hydrogen) atoms. The van der Waals surface area contributed by atoms with Crippen LogP contribution in [0.5, 0.6) is 11.5 Å². The molecule has 0 atom stereocenters. The normalized spacial score (nSPS) is 15.0. The number of carbonyl (C=O) groups is 2. The molecule has 0 aliphatic heterocycles. The average molecular weight is 669 g/mol. The Morgan fingerprint density at radius 1 is 0.571 bits per heavy atom. The number of allylic oxidation sites excluding steroid dienone is 15. The Morgan fingerprint density at radius 2 is 1.00 bits per heavy atom. The molecule has 0 saturated heterocycles. The minimum atomic E-state index is -0.728. The first kappa shape index (κ1) is 41.1. The Balaban J connectivity index is 2.29. The Morgan fingerprint density at radius 3 is 1.47 bits per heavy atom. The van der Waals surface area contributed by atoms with E-state index in [1.54, 1.807) is 6.92 Å². The smallest absolute Gasteiger partial charge is 0.233 e. The van der Waals surface area contributed by atoms with E-state index in [-0.39, 0.29) is 46.0 Å². The summed E-state index contributed by atoms with van der Waals surface area (Å²) in [7, 11) is 0. The number of aliphatic hydroxyl groups is 1. The molecule has 1 aliphatic rings. The van der Waals surface area contributed by atoms with E-state index in [1.807, 2.05) is 13.0 Å². The fourth-order valence-corrected chi connectivity index (χ4v) is 5.98. The van der Waals surface area contributed by atoms with Gasteiger partial charge in [-0.3, -0.25) is 9.59 Å². The van der Waals surface area contributed by atoms with Gasteiger partial charge in [-0.15, -0.1) is 0 Å². The Labute approximate surface area is 295 Å². The van der Waals surface area contributed by atoms with Gasteiger partial charge in [0.05, 0.1) is 0 Å². The lowest BCUT2D eigenvalue weighted by atomic mass is 9.81. The third-order valence-corrected chi connectivity index (χ3v) is 9.19. The number of carbonyl (C=O) groups excluding carboxylic acids is 2. The van der Waals surface area contributed by atoms with Crippen molar-refractivity contribution in [2.75, 3.05) is 0 Å². The van der Waals surface area contributed by atoms with Crippen LogP contribution >= 0.6 is 0 Å². The molecule has 5 nitrogen and oxygen atoms in total. The van der Waals surface area contributed by atoms with Crippen molar-refractivity contribution in [1.82, 2.24) is 0 Å². The minimum Gasteiger partial charge on any atom is -0.508 e. The quantitative estimate of drug-likeness (QED) is 0.0872. The van der Waals surface area contributed by atoms with Gasteiger partial charge in [-0.05, 0) is 139 Å². The molecule has 2 rings (SSSR count). The molecule has 1 aromatic carbocycles. The van der Waals surface area contributed by atoms with Gasteiger partial charge in [0.1, 0.15) is 17.3 Å². The van der Waals surface area contributed by atoms with Crippen molar-refractivity contribution >= 4 is 17.1 Å². The second-order valence-corrected chi connectivity index (χ2v) is 14.2. The second kappa shape index (κ2) is 19.8. The van der Waals surface area contributed by atoms with E-state index in [1.165, 1.54) is 40.9 Å². The van der Waals surface area contributed by atoms with Crippen LogP contribution in [0.25, 0.3) is 5.57 Å². The first-order valence-electron chi connectivity index (χ1n) is 17.7. The van der Waals surface area contributed by atoms with Crippen LogP contribution in [0, 0.1) is 6.92 Å². The summed E-state index contributed by atoms with van der Waals surface area (Å²) in [6, 6.07) is 1.26. The predicted octanol–water partition coefficient (Wildman–Crippen LogP) is 11.9. The highest BCUT2D eigenvalue weighted by Gasteiger charge is 2.35. The fourth-order valence-electron chi connectivity index (χ4n) is 5.98. The lowest BCUT2D eigenvalue weighted by Crippen LogP contribution is -2.25. The lowest BCUT2D eigenvalue weighted by molar-refractivity contribution is -0.132. The molecule has 0 aromatic heterocycles. The van der Waals surface area contributed by atoms with Crippen LogP contribution in [-0.4, -0.2) is 26.9 Å². The molecule has 3 N–H and O–H groups in total. The molecule has 1 aliphatic carbocycles. The van der Waals surface area contributed by atoms with Gasteiger partial charge in [0.2, 0.25) is 11.6 Å². The highest BCUT2D eigenvalue weighted by molar-refractivity contribution is 6.52. The van der Waals surface area contributed by atoms with Crippen molar-refractivity contribution in [2.45, 2.75) is 133 Å². The SMILES string of the molecule is CC(C)=CCCC(C)=CCCC(C)=CCC1=C(O)C(c2c(O)cc(O)c(CC=C(C)CCC=C(C)CCC=C(C)C)c2C)=C(C)C(=O)C1=O. The summed E-state index contributed by atoms with van der Waals surface area (Å²) in [5.74, 6) is -2.03. The van der Waals surface area contributed by atoms with E-state index in [9.17, 15) is 24.9 Å². The van der Waals surface area contributed by atoms with Gasteiger partial charge in [-0.25, -0.2) is 0 Å². The van der Waals surface area contributed by atoms with Gasteiger partial charge in [-0.2, -0.15) is 0 Å². The van der Waals surface area contributed by atoms with Crippen molar-refractivity contribution in [3.05, 3.63) is 110 Å². The number of rotatable bonds is 17. The molecular weight excluding hydrogens is 608 g/mol. The van der Waals surface area contributed by atoms with Gasteiger partial charge < -0.3 is 15.3 Å². The molecule has 0 fully saturated rings. The third kappa shape index (κ3) is 12.7. The zero-order valence-corrected chi connectivity index (χ0v) is 31.8. The predicted molar refractivity (Wildman–Crippen MR) is 206 cm³/mol.